The van der Waals surface area contributed by atoms with Crippen molar-refractivity contribution in [1.82, 2.24) is 15.0 Å². The van der Waals surface area contributed by atoms with E-state index in [2.05, 4.69) is 15.0 Å². The van der Waals surface area contributed by atoms with Gasteiger partial charge in [-0.1, -0.05) is 0 Å². The molecular formula is C10H9N5O2. The van der Waals surface area contributed by atoms with Gasteiger partial charge < -0.3 is 16.5 Å². The Morgan fingerprint density at radius 1 is 1.12 bits per heavy atom. The second-order valence-corrected chi connectivity index (χ2v) is 3.27. The standard InChI is InChI=1S/C10H9N5O2/c11-8(16)6-7(9(12)17)15-10(14-6)5-1-3-13-4-2-5/h1-4H,(H2,11,16)(H2,12,17)(H,14,15). The first-order chi connectivity index (χ1) is 8.09. The molecule has 86 valence electrons. The summed E-state index contributed by atoms with van der Waals surface area (Å²) in [5.74, 6) is -1.25. The topological polar surface area (TPSA) is 128 Å². The first-order valence-corrected chi connectivity index (χ1v) is 4.69. The monoisotopic (exact) mass is 231 g/mol. The minimum atomic E-state index is -0.810. The number of H-pyrrole nitrogens is 1. The van der Waals surface area contributed by atoms with Crippen LogP contribution in [0.15, 0.2) is 24.5 Å². The van der Waals surface area contributed by atoms with Gasteiger partial charge in [0.2, 0.25) is 0 Å². The van der Waals surface area contributed by atoms with Crippen molar-refractivity contribution in [3.05, 3.63) is 35.9 Å². The van der Waals surface area contributed by atoms with Crippen LogP contribution in [0.4, 0.5) is 0 Å². The summed E-state index contributed by atoms with van der Waals surface area (Å²) in [6.07, 6.45) is 3.12. The Balaban J connectivity index is 2.55. The zero-order valence-corrected chi connectivity index (χ0v) is 8.68. The van der Waals surface area contributed by atoms with E-state index in [0.717, 1.165) is 0 Å². The number of aromatic amines is 1. The van der Waals surface area contributed by atoms with Crippen LogP contribution in [0.25, 0.3) is 11.4 Å². The van der Waals surface area contributed by atoms with Gasteiger partial charge in [-0.3, -0.25) is 14.6 Å². The lowest BCUT2D eigenvalue weighted by molar-refractivity contribution is 0.0962. The molecular weight excluding hydrogens is 222 g/mol. The molecule has 17 heavy (non-hydrogen) atoms. The van der Waals surface area contributed by atoms with E-state index < -0.39 is 11.8 Å². The number of rotatable bonds is 3. The Morgan fingerprint density at radius 2 is 1.76 bits per heavy atom. The van der Waals surface area contributed by atoms with Crippen LogP contribution in [0.2, 0.25) is 0 Å². The van der Waals surface area contributed by atoms with Crippen molar-refractivity contribution < 1.29 is 9.59 Å². The van der Waals surface area contributed by atoms with Gasteiger partial charge in [0.1, 0.15) is 11.5 Å². The predicted octanol–water partition coefficient (Wildman–Crippen LogP) is -0.330. The van der Waals surface area contributed by atoms with E-state index in [1.54, 1.807) is 24.5 Å². The molecule has 5 N–H and O–H groups in total. The summed E-state index contributed by atoms with van der Waals surface area (Å²) in [4.78, 5) is 32.6. The van der Waals surface area contributed by atoms with Gasteiger partial charge in [0.05, 0.1) is 0 Å². The molecule has 0 fully saturated rings. The number of imidazole rings is 1. The largest absolute Gasteiger partial charge is 0.364 e. The lowest BCUT2D eigenvalue weighted by Crippen LogP contribution is -2.20. The molecule has 0 aromatic carbocycles. The maximum Gasteiger partial charge on any atom is 0.269 e. The summed E-state index contributed by atoms with van der Waals surface area (Å²) >= 11 is 0. The van der Waals surface area contributed by atoms with Crippen LogP contribution in [0.1, 0.15) is 21.0 Å². The molecule has 0 saturated heterocycles. The molecule has 0 aliphatic rings. The molecule has 2 rings (SSSR count). The first kappa shape index (κ1) is 10.8. The van der Waals surface area contributed by atoms with Crippen LogP contribution in [0.3, 0.4) is 0 Å². The van der Waals surface area contributed by atoms with Crippen molar-refractivity contribution in [2.75, 3.05) is 0 Å². The molecule has 0 aliphatic heterocycles. The van der Waals surface area contributed by atoms with E-state index in [1.807, 2.05) is 0 Å². The van der Waals surface area contributed by atoms with Crippen molar-refractivity contribution in [1.29, 1.82) is 0 Å². The van der Waals surface area contributed by atoms with Crippen LogP contribution in [-0.2, 0) is 0 Å². The molecule has 0 radical (unpaired) electrons. The first-order valence-electron chi connectivity index (χ1n) is 4.69. The van der Waals surface area contributed by atoms with E-state index in [4.69, 9.17) is 11.5 Å². The fourth-order valence-electron chi connectivity index (χ4n) is 1.38. The Hall–Kier alpha value is -2.70. The highest BCUT2D eigenvalue weighted by molar-refractivity contribution is 6.04. The second-order valence-electron chi connectivity index (χ2n) is 3.27. The number of carbonyl (C=O) groups is 2. The van der Waals surface area contributed by atoms with Crippen LogP contribution in [0, 0.1) is 0 Å². The lowest BCUT2D eigenvalue weighted by Gasteiger charge is -1.93. The minimum absolute atomic E-state index is 0.0932. The van der Waals surface area contributed by atoms with Gasteiger partial charge >= 0.3 is 0 Å². The number of nitrogens with zero attached hydrogens (tertiary/aromatic N) is 2. The van der Waals surface area contributed by atoms with Gasteiger partial charge in [-0.05, 0) is 12.1 Å². The number of aromatic nitrogens is 3. The van der Waals surface area contributed by atoms with E-state index in [9.17, 15) is 9.59 Å². The highest BCUT2D eigenvalue weighted by Crippen LogP contribution is 2.16. The summed E-state index contributed by atoms with van der Waals surface area (Å²) in [7, 11) is 0. The van der Waals surface area contributed by atoms with Crippen molar-refractivity contribution in [3.63, 3.8) is 0 Å². The van der Waals surface area contributed by atoms with Gasteiger partial charge in [0.25, 0.3) is 11.8 Å². The molecule has 2 aromatic heterocycles. The van der Waals surface area contributed by atoms with Crippen LogP contribution >= 0.6 is 0 Å². The van der Waals surface area contributed by atoms with Crippen molar-refractivity contribution >= 4 is 11.8 Å². The molecule has 0 aliphatic carbocycles. The summed E-state index contributed by atoms with van der Waals surface area (Å²) in [6.45, 7) is 0. The molecule has 0 spiro atoms. The van der Waals surface area contributed by atoms with Gasteiger partial charge in [-0.15, -0.1) is 0 Å². The molecule has 7 heteroatoms. The fourth-order valence-corrected chi connectivity index (χ4v) is 1.38. The average molecular weight is 231 g/mol. The Bertz CT molecular complexity index is 544. The minimum Gasteiger partial charge on any atom is -0.364 e. The van der Waals surface area contributed by atoms with E-state index in [0.29, 0.717) is 11.4 Å². The molecule has 2 aromatic rings. The van der Waals surface area contributed by atoms with Gasteiger partial charge in [-0.2, -0.15) is 0 Å². The van der Waals surface area contributed by atoms with Crippen LogP contribution < -0.4 is 11.5 Å². The third-order valence-corrected chi connectivity index (χ3v) is 2.14. The Labute approximate surface area is 95.9 Å². The average Bonchev–Trinajstić information content (AvgIpc) is 2.75. The zero-order chi connectivity index (χ0) is 12.4. The normalized spacial score (nSPS) is 10.1. The molecule has 0 unspecified atom stereocenters. The molecule has 2 heterocycles. The smallest absolute Gasteiger partial charge is 0.269 e. The number of amides is 2. The third-order valence-electron chi connectivity index (χ3n) is 2.14. The van der Waals surface area contributed by atoms with Crippen molar-refractivity contribution in [2.24, 2.45) is 11.5 Å². The number of hydrogen-bond donors (Lipinski definition) is 3. The number of pyridine rings is 1. The zero-order valence-electron chi connectivity index (χ0n) is 8.68. The Kier molecular flexibility index (Phi) is 2.57. The highest BCUT2D eigenvalue weighted by atomic mass is 16.2. The van der Waals surface area contributed by atoms with E-state index in [1.165, 1.54) is 0 Å². The van der Waals surface area contributed by atoms with Gasteiger partial charge in [0.15, 0.2) is 5.69 Å². The van der Waals surface area contributed by atoms with E-state index >= 15 is 0 Å². The van der Waals surface area contributed by atoms with Crippen LogP contribution in [0.5, 0.6) is 0 Å². The van der Waals surface area contributed by atoms with E-state index in [-0.39, 0.29) is 11.4 Å². The molecule has 2 amide bonds. The predicted molar refractivity (Wildman–Crippen MR) is 58.9 cm³/mol. The molecule has 0 atom stereocenters. The third kappa shape index (κ3) is 1.98. The molecule has 7 nitrogen and oxygen atoms in total. The molecule has 0 saturated carbocycles. The SMILES string of the molecule is NC(=O)c1nc(-c2ccncc2)[nH]c1C(N)=O. The summed E-state index contributed by atoms with van der Waals surface area (Å²) in [5.41, 5.74) is 10.6. The van der Waals surface area contributed by atoms with Gasteiger partial charge in [-0.25, -0.2) is 4.98 Å². The second kappa shape index (κ2) is 4.05. The van der Waals surface area contributed by atoms with Crippen molar-refractivity contribution in [2.45, 2.75) is 0 Å². The number of carbonyl (C=O) groups excluding carboxylic acids is 2. The molecule has 0 bridgehead atoms. The maximum absolute atomic E-state index is 11.1. The highest BCUT2D eigenvalue weighted by Gasteiger charge is 2.19. The van der Waals surface area contributed by atoms with Gasteiger partial charge in [0, 0.05) is 18.0 Å². The number of primary amides is 2. The number of hydrogen-bond acceptors (Lipinski definition) is 4. The maximum atomic E-state index is 11.1. The summed E-state index contributed by atoms with van der Waals surface area (Å²) < 4.78 is 0. The fraction of sp³-hybridized carbons (Fsp3) is 0. The number of nitrogens with one attached hydrogen (secondary N) is 1. The van der Waals surface area contributed by atoms with Crippen molar-refractivity contribution in [3.8, 4) is 11.4 Å². The Morgan fingerprint density at radius 3 is 2.24 bits per heavy atom. The lowest BCUT2D eigenvalue weighted by atomic mass is 10.2. The summed E-state index contributed by atoms with van der Waals surface area (Å²) in [5, 5.41) is 0. The summed E-state index contributed by atoms with van der Waals surface area (Å²) in [6, 6.07) is 3.35. The number of nitrogens with two attached hydrogens (primary N) is 2. The van der Waals surface area contributed by atoms with Crippen LogP contribution in [-0.4, -0.2) is 26.8 Å². The quantitative estimate of drug-likeness (QED) is 0.668.